The van der Waals surface area contributed by atoms with Crippen LogP contribution >= 0.6 is 11.6 Å². The third kappa shape index (κ3) is 4.96. The fourth-order valence-electron chi connectivity index (χ4n) is 1.39. The van der Waals surface area contributed by atoms with Crippen molar-refractivity contribution in [1.29, 1.82) is 0 Å². The van der Waals surface area contributed by atoms with Gasteiger partial charge in [0.2, 0.25) is 0 Å². The number of hydrogen-bond donors (Lipinski definition) is 2. The maximum absolute atomic E-state index is 12.3. The van der Waals surface area contributed by atoms with Crippen LogP contribution in [0.4, 0.5) is 18.9 Å². The average molecular weight is 298 g/mol. The van der Waals surface area contributed by atoms with Gasteiger partial charge in [-0.3, -0.25) is 4.79 Å². The summed E-state index contributed by atoms with van der Waals surface area (Å²) in [5.41, 5.74) is 0.232. The van der Waals surface area contributed by atoms with Crippen LogP contribution in [0.15, 0.2) is 24.3 Å². The van der Waals surface area contributed by atoms with Crippen molar-refractivity contribution in [2.45, 2.75) is 12.3 Å². The van der Waals surface area contributed by atoms with Crippen LogP contribution in [-0.4, -0.2) is 41.6 Å². The second kappa shape index (κ2) is 6.12. The Morgan fingerprint density at radius 1 is 1.32 bits per heavy atom. The number of benzene rings is 1. The lowest BCUT2D eigenvalue weighted by molar-refractivity contribution is -0.200. The molecule has 4 nitrogen and oxygen atoms in total. The third-order valence-electron chi connectivity index (χ3n) is 2.29. The van der Waals surface area contributed by atoms with Crippen molar-refractivity contribution >= 4 is 23.3 Å². The minimum Gasteiger partial charge on any atom is -0.480 e. The molecule has 1 atom stereocenters. The van der Waals surface area contributed by atoms with E-state index in [4.69, 9.17) is 21.8 Å². The Labute approximate surface area is 112 Å². The molecule has 2 N–H and O–H groups in total. The van der Waals surface area contributed by atoms with Crippen molar-refractivity contribution in [3.8, 4) is 0 Å². The summed E-state index contributed by atoms with van der Waals surface area (Å²) in [6, 6.07) is 5.61. The van der Waals surface area contributed by atoms with E-state index in [0.29, 0.717) is 5.02 Å². The Balaban J connectivity index is 2.89. The molecule has 19 heavy (non-hydrogen) atoms. The molecule has 1 unspecified atom stereocenters. The fourth-order valence-corrected chi connectivity index (χ4v) is 1.51. The minimum absolute atomic E-state index is 0.232. The highest BCUT2D eigenvalue weighted by atomic mass is 35.5. The van der Waals surface area contributed by atoms with Gasteiger partial charge in [-0.15, -0.1) is 0 Å². The first kappa shape index (κ1) is 15.6. The number of aliphatic carboxylic acids is 1. The molecule has 0 fully saturated rings. The van der Waals surface area contributed by atoms with Crippen molar-refractivity contribution in [3.63, 3.8) is 0 Å². The number of halogens is 4. The topological polar surface area (TPSA) is 60.8 Å². The number of carboxylic acids is 1. The lowest BCUT2D eigenvalue weighted by Crippen LogP contribution is -2.43. The smallest absolute Gasteiger partial charge is 0.416 e. The molecule has 0 heterocycles. The van der Waals surface area contributed by atoms with Gasteiger partial charge in [0.15, 0.2) is 6.10 Å². The first-order chi connectivity index (χ1) is 8.70. The molecule has 106 valence electrons. The molecule has 1 rings (SSSR count). The highest BCUT2D eigenvalue weighted by Gasteiger charge is 2.39. The maximum atomic E-state index is 12.3. The van der Waals surface area contributed by atoms with Gasteiger partial charge in [-0.1, -0.05) is 11.6 Å². The molecule has 0 bridgehead atoms. The molecule has 0 spiro atoms. The van der Waals surface area contributed by atoms with Gasteiger partial charge in [0.05, 0.1) is 6.54 Å². The van der Waals surface area contributed by atoms with E-state index in [2.05, 4.69) is 0 Å². The summed E-state index contributed by atoms with van der Waals surface area (Å²) in [4.78, 5) is 11.6. The molecule has 1 aromatic carbocycles. The lowest BCUT2D eigenvalue weighted by Gasteiger charge is -2.26. The first-order valence-electron chi connectivity index (χ1n) is 5.17. The number of hydrogen-bond acceptors (Lipinski definition) is 3. The van der Waals surface area contributed by atoms with Crippen molar-refractivity contribution in [2.75, 3.05) is 18.0 Å². The normalized spacial score (nSPS) is 13.1. The van der Waals surface area contributed by atoms with E-state index in [0.717, 1.165) is 4.90 Å². The number of aliphatic hydroxyl groups is 1. The van der Waals surface area contributed by atoms with Crippen molar-refractivity contribution in [3.05, 3.63) is 29.3 Å². The first-order valence-corrected chi connectivity index (χ1v) is 5.55. The summed E-state index contributed by atoms with van der Waals surface area (Å²) in [7, 11) is 0. The summed E-state index contributed by atoms with van der Waals surface area (Å²) in [5, 5.41) is 18.1. The van der Waals surface area contributed by atoms with Crippen LogP contribution in [0.25, 0.3) is 0 Å². The summed E-state index contributed by atoms with van der Waals surface area (Å²) >= 11 is 5.64. The van der Waals surface area contributed by atoms with Crippen LogP contribution in [0.5, 0.6) is 0 Å². The van der Waals surface area contributed by atoms with Crippen LogP contribution in [-0.2, 0) is 4.79 Å². The van der Waals surface area contributed by atoms with Gasteiger partial charge >= 0.3 is 12.1 Å². The van der Waals surface area contributed by atoms with Gasteiger partial charge < -0.3 is 15.1 Å². The van der Waals surface area contributed by atoms with E-state index in [1.54, 1.807) is 0 Å². The summed E-state index contributed by atoms with van der Waals surface area (Å²) in [6.45, 7) is -1.52. The Kier molecular flexibility index (Phi) is 5.02. The van der Waals surface area contributed by atoms with Crippen molar-refractivity contribution < 1.29 is 28.2 Å². The third-order valence-corrected chi connectivity index (χ3v) is 2.54. The van der Waals surface area contributed by atoms with E-state index in [9.17, 15) is 18.0 Å². The predicted octanol–water partition coefficient (Wildman–Crippen LogP) is 2.15. The zero-order chi connectivity index (χ0) is 14.6. The highest BCUT2D eigenvalue weighted by molar-refractivity contribution is 6.30. The number of nitrogens with zero attached hydrogens (tertiary/aromatic N) is 1. The molecular formula is C11H11ClF3NO3. The minimum atomic E-state index is -4.80. The van der Waals surface area contributed by atoms with Gasteiger partial charge in [0.25, 0.3) is 0 Å². The second-order valence-electron chi connectivity index (χ2n) is 3.81. The van der Waals surface area contributed by atoms with E-state index < -0.39 is 31.3 Å². The van der Waals surface area contributed by atoms with Gasteiger partial charge in [-0.2, -0.15) is 13.2 Å². The molecule has 0 radical (unpaired) electrons. The van der Waals surface area contributed by atoms with Crippen LogP contribution < -0.4 is 4.90 Å². The van der Waals surface area contributed by atoms with Gasteiger partial charge in [-0.05, 0) is 24.3 Å². The molecule has 0 aliphatic heterocycles. The van der Waals surface area contributed by atoms with Crippen LogP contribution in [0, 0.1) is 0 Å². The van der Waals surface area contributed by atoms with Crippen molar-refractivity contribution in [1.82, 2.24) is 0 Å². The quantitative estimate of drug-likeness (QED) is 0.874. The van der Waals surface area contributed by atoms with Gasteiger partial charge in [0.1, 0.15) is 6.54 Å². The molecule has 0 aromatic heterocycles. The van der Waals surface area contributed by atoms with E-state index in [-0.39, 0.29) is 5.69 Å². The number of alkyl halides is 3. The second-order valence-corrected chi connectivity index (χ2v) is 4.24. The Morgan fingerprint density at radius 2 is 1.84 bits per heavy atom. The molecular weight excluding hydrogens is 287 g/mol. The largest absolute Gasteiger partial charge is 0.480 e. The molecule has 8 heteroatoms. The Hall–Kier alpha value is -1.47. The standard InChI is InChI=1S/C11H11ClF3NO3/c12-7-1-3-8(4-2-7)16(6-10(18)19)5-9(17)11(13,14)15/h1-4,9,17H,5-6H2,(H,18,19). The molecule has 0 aliphatic carbocycles. The zero-order valence-corrected chi connectivity index (χ0v) is 10.3. The monoisotopic (exact) mass is 297 g/mol. The Morgan fingerprint density at radius 3 is 2.26 bits per heavy atom. The highest BCUT2D eigenvalue weighted by Crippen LogP contribution is 2.24. The fraction of sp³-hybridized carbons (Fsp3) is 0.364. The predicted molar refractivity (Wildman–Crippen MR) is 63.4 cm³/mol. The van der Waals surface area contributed by atoms with Crippen LogP contribution in [0.1, 0.15) is 0 Å². The van der Waals surface area contributed by atoms with E-state index in [1.807, 2.05) is 0 Å². The Bertz CT molecular complexity index is 436. The number of carbonyl (C=O) groups is 1. The van der Waals surface area contributed by atoms with Gasteiger partial charge in [-0.25, -0.2) is 0 Å². The summed E-state index contributed by atoms with van der Waals surface area (Å²) < 4.78 is 36.8. The number of anilines is 1. The number of rotatable bonds is 5. The SMILES string of the molecule is O=C(O)CN(CC(O)C(F)(F)F)c1ccc(Cl)cc1. The molecule has 0 aliphatic rings. The summed E-state index contributed by atoms with van der Waals surface area (Å²) in [5.74, 6) is -1.30. The van der Waals surface area contributed by atoms with Crippen LogP contribution in [0.3, 0.4) is 0 Å². The maximum Gasteiger partial charge on any atom is 0.416 e. The molecule has 0 saturated heterocycles. The molecule has 1 aromatic rings. The van der Waals surface area contributed by atoms with Crippen molar-refractivity contribution in [2.24, 2.45) is 0 Å². The summed E-state index contributed by atoms with van der Waals surface area (Å²) in [6.07, 6.45) is -7.43. The zero-order valence-electron chi connectivity index (χ0n) is 9.56. The van der Waals surface area contributed by atoms with Crippen LogP contribution in [0.2, 0.25) is 5.02 Å². The molecule has 0 saturated carbocycles. The van der Waals surface area contributed by atoms with E-state index >= 15 is 0 Å². The van der Waals surface area contributed by atoms with E-state index in [1.165, 1.54) is 24.3 Å². The van der Waals surface area contributed by atoms with Gasteiger partial charge in [0, 0.05) is 10.7 Å². The average Bonchev–Trinajstić information content (AvgIpc) is 2.27. The molecule has 0 amide bonds. The number of aliphatic hydroxyl groups excluding tert-OH is 1. The lowest BCUT2D eigenvalue weighted by atomic mass is 10.2. The number of carboxylic acid groups (broad SMARTS) is 1.